The van der Waals surface area contributed by atoms with Crippen LogP contribution in [0.15, 0.2) is 40.2 Å². The predicted molar refractivity (Wildman–Crippen MR) is 61.7 cm³/mol. The molecule has 0 aliphatic rings. The molecular weight excluding hydrogens is 208 g/mol. The summed E-state index contributed by atoms with van der Waals surface area (Å²) in [4.78, 5) is 4.21. The van der Waals surface area contributed by atoms with Crippen molar-refractivity contribution in [2.75, 3.05) is 5.73 Å². The fourth-order valence-electron chi connectivity index (χ4n) is 1.16. The van der Waals surface area contributed by atoms with Gasteiger partial charge in [0.25, 0.3) is 5.22 Å². The van der Waals surface area contributed by atoms with E-state index in [9.17, 15) is 0 Å². The highest BCUT2D eigenvalue weighted by molar-refractivity contribution is 7.98. The van der Waals surface area contributed by atoms with Crippen LogP contribution >= 0.6 is 11.8 Å². The highest BCUT2D eigenvalue weighted by Gasteiger charge is 2.01. The minimum Gasteiger partial charge on any atom is -0.440 e. The summed E-state index contributed by atoms with van der Waals surface area (Å²) < 4.78 is 5.24. The van der Waals surface area contributed by atoms with E-state index in [1.807, 2.05) is 31.2 Å². The van der Waals surface area contributed by atoms with E-state index in [0.717, 1.165) is 17.1 Å². The third-order valence-corrected chi connectivity index (χ3v) is 2.85. The van der Waals surface area contributed by atoms with Crippen molar-refractivity contribution in [2.45, 2.75) is 17.9 Å². The second kappa shape index (κ2) is 4.40. The number of aryl methyl sites for hydroxylation is 1. The molecule has 0 amide bonds. The maximum absolute atomic E-state index is 5.60. The summed E-state index contributed by atoms with van der Waals surface area (Å²) >= 11 is 1.58. The van der Waals surface area contributed by atoms with Crippen molar-refractivity contribution in [1.29, 1.82) is 0 Å². The van der Waals surface area contributed by atoms with Gasteiger partial charge in [-0.3, -0.25) is 0 Å². The van der Waals surface area contributed by atoms with Gasteiger partial charge in [-0.05, 0) is 24.6 Å². The van der Waals surface area contributed by atoms with E-state index >= 15 is 0 Å². The van der Waals surface area contributed by atoms with Crippen molar-refractivity contribution in [3.8, 4) is 0 Å². The molecule has 4 heteroatoms. The van der Waals surface area contributed by atoms with Crippen LogP contribution in [-0.2, 0) is 5.75 Å². The zero-order valence-electron chi connectivity index (χ0n) is 8.43. The molecule has 2 N–H and O–H groups in total. The molecule has 0 radical (unpaired) electrons. The molecule has 0 saturated carbocycles. The first-order valence-corrected chi connectivity index (χ1v) is 5.62. The highest BCUT2D eigenvalue weighted by Crippen LogP contribution is 2.22. The highest BCUT2D eigenvalue weighted by atomic mass is 32.2. The predicted octanol–water partition coefficient (Wildman–Crippen LogP) is 2.86. The van der Waals surface area contributed by atoms with Crippen LogP contribution in [0.2, 0.25) is 0 Å². The Balaban J connectivity index is 1.96. The van der Waals surface area contributed by atoms with E-state index in [-0.39, 0.29) is 0 Å². The van der Waals surface area contributed by atoms with Crippen LogP contribution in [0.4, 0.5) is 5.69 Å². The number of anilines is 1. The Morgan fingerprint density at radius 2 is 2.07 bits per heavy atom. The summed E-state index contributed by atoms with van der Waals surface area (Å²) in [7, 11) is 0. The lowest BCUT2D eigenvalue weighted by atomic mass is 10.2. The molecule has 78 valence electrons. The number of nitrogens with two attached hydrogens (primary N) is 1. The number of hydrogen-bond donors (Lipinski definition) is 1. The summed E-state index contributed by atoms with van der Waals surface area (Å²) in [5.74, 6) is 0.847. The Hall–Kier alpha value is -1.42. The standard InChI is InChI=1S/C11H12N2OS/c1-8-6-14-11(13-8)15-7-9-2-4-10(12)5-3-9/h2-6H,7,12H2,1H3. The second-order valence-electron chi connectivity index (χ2n) is 3.29. The Labute approximate surface area is 92.7 Å². The summed E-state index contributed by atoms with van der Waals surface area (Å²) in [6, 6.07) is 7.82. The fourth-order valence-corrected chi connectivity index (χ4v) is 1.96. The molecule has 2 aromatic rings. The minimum atomic E-state index is 0.712. The average Bonchev–Trinajstić information content (AvgIpc) is 2.64. The molecule has 0 bridgehead atoms. The Kier molecular flexibility index (Phi) is 2.97. The van der Waals surface area contributed by atoms with Gasteiger partial charge in [0.2, 0.25) is 0 Å². The molecule has 2 rings (SSSR count). The van der Waals surface area contributed by atoms with Crippen LogP contribution in [-0.4, -0.2) is 4.98 Å². The number of thioether (sulfide) groups is 1. The monoisotopic (exact) mass is 220 g/mol. The van der Waals surface area contributed by atoms with Gasteiger partial charge in [-0.25, -0.2) is 4.98 Å². The van der Waals surface area contributed by atoms with Crippen molar-refractivity contribution in [3.05, 3.63) is 41.8 Å². The largest absolute Gasteiger partial charge is 0.440 e. The van der Waals surface area contributed by atoms with E-state index in [1.165, 1.54) is 5.56 Å². The number of benzene rings is 1. The molecule has 1 aromatic heterocycles. The van der Waals surface area contributed by atoms with Gasteiger partial charge in [-0.1, -0.05) is 23.9 Å². The molecule has 0 unspecified atom stereocenters. The van der Waals surface area contributed by atoms with E-state index < -0.39 is 0 Å². The van der Waals surface area contributed by atoms with E-state index in [2.05, 4.69) is 4.98 Å². The van der Waals surface area contributed by atoms with Crippen LogP contribution in [0.3, 0.4) is 0 Å². The number of rotatable bonds is 3. The van der Waals surface area contributed by atoms with Gasteiger partial charge in [-0.15, -0.1) is 0 Å². The molecule has 0 fully saturated rings. The number of nitrogen functional groups attached to an aromatic ring is 1. The van der Waals surface area contributed by atoms with Crippen molar-refractivity contribution >= 4 is 17.4 Å². The Morgan fingerprint density at radius 3 is 2.67 bits per heavy atom. The van der Waals surface area contributed by atoms with Gasteiger partial charge in [0.15, 0.2) is 0 Å². The van der Waals surface area contributed by atoms with Crippen molar-refractivity contribution in [1.82, 2.24) is 4.98 Å². The third kappa shape index (κ3) is 2.76. The Bertz CT molecular complexity index is 436. The zero-order valence-corrected chi connectivity index (χ0v) is 9.25. The van der Waals surface area contributed by atoms with Crippen LogP contribution in [0.5, 0.6) is 0 Å². The van der Waals surface area contributed by atoms with Gasteiger partial charge < -0.3 is 10.2 Å². The van der Waals surface area contributed by atoms with Crippen molar-refractivity contribution < 1.29 is 4.42 Å². The normalized spacial score (nSPS) is 10.5. The van der Waals surface area contributed by atoms with Gasteiger partial charge in [0, 0.05) is 11.4 Å². The number of hydrogen-bond acceptors (Lipinski definition) is 4. The first-order valence-electron chi connectivity index (χ1n) is 4.63. The van der Waals surface area contributed by atoms with Crippen LogP contribution < -0.4 is 5.73 Å². The van der Waals surface area contributed by atoms with Crippen LogP contribution in [0, 0.1) is 6.92 Å². The molecule has 0 atom stereocenters. The number of nitrogens with zero attached hydrogens (tertiary/aromatic N) is 1. The quantitative estimate of drug-likeness (QED) is 0.638. The Morgan fingerprint density at radius 1 is 1.33 bits per heavy atom. The van der Waals surface area contributed by atoms with E-state index in [1.54, 1.807) is 18.0 Å². The maximum atomic E-state index is 5.60. The molecule has 0 saturated heterocycles. The second-order valence-corrected chi connectivity index (χ2v) is 4.21. The zero-order chi connectivity index (χ0) is 10.7. The molecular formula is C11H12N2OS. The number of aromatic nitrogens is 1. The lowest BCUT2D eigenvalue weighted by molar-refractivity contribution is 0.454. The first-order chi connectivity index (χ1) is 7.24. The average molecular weight is 220 g/mol. The maximum Gasteiger partial charge on any atom is 0.256 e. The van der Waals surface area contributed by atoms with Crippen molar-refractivity contribution in [3.63, 3.8) is 0 Å². The summed E-state index contributed by atoms with van der Waals surface area (Å²) in [6.07, 6.45) is 1.66. The summed E-state index contributed by atoms with van der Waals surface area (Å²) in [5.41, 5.74) is 8.51. The third-order valence-electron chi connectivity index (χ3n) is 1.94. The summed E-state index contributed by atoms with van der Waals surface area (Å²) in [6.45, 7) is 1.91. The molecule has 15 heavy (non-hydrogen) atoms. The molecule has 0 aliphatic carbocycles. The molecule has 0 aliphatic heterocycles. The van der Waals surface area contributed by atoms with Gasteiger partial charge >= 0.3 is 0 Å². The van der Waals surface area contributed by atoms with E-state index in [4.69, 9.17) is 10.2 Å². The van der Waals surface area contributed by atoms with E-state index in [0.29, 0.717) is 5.22 Å². The van der Waals surface area contributed by atoms with Gasteiger partial charge in [0.1, 0.15) is 6.26 Å². The van der Waals surface area contributed by atoms with Crippen molar-refractivity contribution in [2.24, 2.45) is 0 Å². The van der Waals surface area contributed by atoms with Gasteiger partial charge in [-0.2, -0.15) is 0 Å². The molecule has 0 spiro atoms. The van der Waals surface area contributed by atoms with Gasteiger partial charge in [0.05, 0.1) is 5.69 Å². The molecule has 3 nitrogen and oxygen atoms in total. The van der Waals surface area contributed by atoms with Crippen LogP contribution in [0.25, 0.3) is 0 Å². The summed E-state index contributed by atoms with van der Waals surface area (Å²) in [5, 5.41) is 0.712. The lowest BCUT2D eigenvalue weighted by Crippen LogP contribution is -1.85. The topological polar surface area (TPSA) is 52.0 Å². The lowest BCUT2D eigenvalue weighted by Gasteiger charge is -1.98. The SMILES string of the molecule is Cc1coc(SCc2ccc(N)cc2)n1. The number of oxazole rings is 1. The van der Waals surface area contributed by atoms with Crippen LogP contribution in [0.1, 0.15) is 11.3 Å². The smallest absolute Gasteiger partial charge is 0.256 e. The molecule has 1 aromatic carbocycles. The molecule has 1 heterocycles. The fraction of sp³-hybridized carbons (Fsp3) is 0.182. The first kappa shape index (κ1) is 10.1. The minimum absolute atomic E-state index is 0.712.